The molecular weight excluding hydrogens is 374 g/mol. The molecule has 2 aromatic carbocycles. The molecule has 0 saturated carbocycles. The van der Waals surface area contributed by atoms with Crippen molar-refractivity contribution >= 4 is 37.2 Å². The zero-order valence-corrected chi connectivity index (χ0v) is 15.9. The fourth-order valence-corrected chi connectivity index (χ4v) is 5.33. The van der Waals surface area contributed by atoms with Crippen molar-refractivity contribution in [1.82, 2.24) is 20.5 Å². The fraction of sp³-hybridized carbons (Fsp3) is 0.200. The lowest BCUT2D eigenvalue weighted by molar-refractivity contribution is 0.589. The molecule has 0 amide bonds. The van der Waals surface area contributed by atoms with Crippen molar-refractivity contribution in [2.24, 2.45) is 0 Å². The van der Waals surface area contributed by atoms with E-state index in [1.807, 2.05) is 30.3 Å². The Balaban J connectivity index is 1.68. The van der Waals surface area contributed by atoms with Crippen LogP contribution in [0.1, 0.15) is 0 Å². The molecule has 0 radical (unpaired) electrons. The average molecular weight is 393 g/mol. The molecule has 5 rings (SSSR count). The maximum Gasteiger partial charge on any atom is 0.226 e. The van der Waals surface area contributed by atoms with Crippen LogP contribution in [0.2, 0.25) is 0 Å². The first kappa shape index (κ1) is 17.2. The number of aromatic amines is 1. The van der Waals surface area contributed by atoms with Crippen LogP contribution in [0, 0.1) is 0 Å². The van der Waals surface area contributed by atoms with Crippen LogP contribution in [0.25, 0.3) is 21.7 Å². The van der Waals surface area contributed by atoms with Crippen LogP contribution >= 0.6 is 0 Å². The van der Waals surface area contributed by atoms with Gasteiger partial charge in [-0.3, -0.25) is 10.1 Å². The molecule has 8 heteroatoms. The SMILES string of the molecule is O=S(=O)(c1cccc2ccccc12)c1n[nH]c2c(N3CCNCC3)cncc12. The highest BCUT2D eigenvalue weighted by Crippen LogP contribution is 2.33. The van der Waals surface area contributed by atoms with Crippen molar-refractivity contribution < 1.29 is 8.42 Å². The number of sulfone groups is 1. The third-order valence-corrected chi connectivity index (χ3v) is 6.93. The molecule has 4 aromatic rings. The molecule has 0 unspecified atom stereocenters. The van der Waals surface area contributed by atoms with Crippen molar-refractivity contribution in [2.45, 2.75) is 9.92 Å². The quantitative estimate of drug-likeness (QED) is 0.555. The maximum absolute atomic E-state index is 13.5. The minimum Gasteiger partial charge on any atom is -0.366 e. The largest absolute Gasteiger partial charge is 0.366 e. The lowest BCUT2D eigenvalue weighted by atomic mass is 10.1. The Labute approximate surface area is 162 Å². The molecule has 1 aliphatic heterocycles. The van der Waals surface area contributed by atoms with E-state index in [1.54, 1.807) is 24.5 Å². The normalized spacial score (nSPS) is 15.4. The molecule has 1 saturated heterocycles. The van der Waals surface area contributed by atoms with Crippen LogP contribution in [0.4, 0.5) is 5.69 Å². The van der Waals surface area contributed by atoms with Gasteiger partial charge in [0.25, 0.3) is 0 Å². The van der Waals surface area contributed by atoms with Crippen molar-refractivity contribution in [2.75, 3.05) is 31.1 Å². The van der Waals surface area contributed by atoms with Gasteiger partial charge in [0.2, 0.25) is 9.84 Å². The molecule has 2 aromatic heterocycles. The number of anilines is 1. The number of benzene rings is 2. The van der Waals surface area contributed by atoms with Gasteiger partial charge >= 0.3 is 0 Å². The topological polar surface area (TPSA) is 91.0 Å². The van der Waals surface area contributed by atoms with Crippen LogP contribution < -0.4 is 10.2 Å². The third-order valence-electron chi connectivity index (χ3n) is 5.18. The standard InChI is InChI=1S/C20H19N5O2S/c26-28(27,18-7-3-5-14-4-1-2-6-15(14)18)20-16-12-22-13-17(19(16)23-24-20)25-10-8-21-9-11-25/h1-7,12-13,21H,8-11H2,(H,23,24). The van der Waals surface area contributed by atoms with Crippen molar-refractivity contribution in [3.8, 4) is 0 Å². The summed E-state index contributed by atoms with van der Waals surface area (Å²) in [6.45, 7) is 3.44. The number of aromatic nitrogens is 3. The number of nitrogens with one attached hydrogen (secondary N) is 2. The lowest BCUT2D eigenvalue weighted by Crippen LogP contribution is -2.43. The van der Waals surface area contributed by atoms with Crippen LogP contribution in [-0.4, -0.2) is 49.8 Å². The van der Waals surface area contributed by atoms with Crippen molar-refractivity contribution in [3.05, 3.63) is 54.9 Å². The zero-order chi connectivity index (χ0) is 19.1. The summed E-state index contributed by atoms with van der Waals surface area (Å²) in [7, 11) is -3.81. The zero-order valence-electron chi connectivity index (χ0n) is 15.1. The molecule has 7 nitrogen and oxygen atoms in total. The summed E-state index contributed by atoms with van der Waals surface area (Å²) < 4.78 is 27.0. The molecule has 0 atom stereocenters. The first-order chi connectivity index (χ1) is 13.7. The number of hydrogen-bond donors (Lipinski definition) is 2. The maximum atomic E-state index is 13.5. The van der Waals surface area contributed by atoms with Gasteiger partial charge in [-0.25, -0.2) is 8.42 Å². The Kier molecular flexibility index (Phi) is 4.03. The van der Waals surface area contributed by atoms with Gasteiger partial charge in [0.15, 0.2) is 5.03 Å². The summed E-state index contributed by atoms with van der Waals surface area (Å²) >= 11 is 0. The molecule has 2 N–H and O–H groups in total. The average Bonchev–Trinajstić information content (AvgIpc) is 3.19. The lowest BCUT2D eigenvalue weighted by Gasteiger charge is -2.29. The van der Waals surface area contributed by atoms with E-state index in [2.05, 4.69) is 25.4 Å². The second-order valence-electron chi connectivity index (χ2n) is 6.83. The van der Waals surface area contributed by atoms with Gasteiger partial charge in [0.05, 0.1) is 27.7 Å². The van der Waals surface area contributed by atoms with Gasteiger partial charge in [-0.05, 0) is 11.5 Å². The minimum absolute atomic E-state index is 0.0170. The molecule has 0 bridgehead atoms. The van der Waals surface area contributed by atoms with Crippen molar-refractivity contribution in [1.29, 1.82) is 0 Å². The molecular formula is C20H19N5O2S. The minimum atomic E-state index is -3.81. The summed E-state index contributed by atoms with van der Waals surface area (Å²) in [5.74, 6) is 0. The summed E-state index contributed by atoms with van der Waals surface area (Å²) in [5.41, 5.74) is 1.58. The molecule has 0 aliphatic carbocycles. The number of hydrogen-bond acceptors (Lipinski definition) is 6. The molecule has 142 valence electrons. The molecule has 1 aliphatic rings. The van der Waals surface area contributed by atoms with Crippen LogP contribution in [0.3, 0.4) is 0 Å². The number of piperazine rings is 1. The van der Waals surface area contributed by atoms with Gasteiger partial charge in [0, 0.05) is 37.8 Å². The summed E-state index contributed by atoms with van der Waals surface area (Å²) in [6.07, 6.45) is 3.34. The predicted octanol–water partition coefficient (Wildman–Crippen LogP) is 2.35. The van der Waals surface area contributed by atoms with E-state index in [-0.39, 0.29) is 9.92 Å². The highest BCUT2D eigenvalue weighted by atomic mass is 32.2. The molecule has 28 heavy (non-hydrogen) atoms. The van der Waals surface area contributed by atoms with Gasteiger partial charge in [0.1, 0.15) is 0 Å². The third kappa shape index (κ3) is 2.64. The summed E-state index contributed by atoms with van der Waals surface area (Å²) in [4.78, 5) is 6.75. The highest BCUT2D eigenvalue weighted by molar-refractivity contribution is 7.91. The van der Waals surface area contributed by atoms with Gasteiger partial charge < -0.3 is 10.2 Å². The Hall–Kier alpha value is -2.97. The van der Waals surface area contributed by atoms with Crippen LogP contribution in [0.5, 0.6) is 0 Å². The second-order valence-corrected chi connectivity index (χ2v) is 8.66. The Morgan fingerprint density at radius 3 is 2.57 bits per heavy atom. The Morgan fingerprint density at radius 1 is 0.929 bits per heavy atom. The number of nitrogens with zero attached hydrogens (tertiary/aromatic N) is 3. The predicted molar refractivity (Wildman–Crippen MR) is 108 cm³/mol. The van der Waals surface area contributed by atoms with E-state index in [1.165, 1.54) is 0 Å². The first-order valence-corrected chi connectivity index (χ1v) is 10.7. The van der Waals surface area contributed by atoms with E-state index >= 15 is 0 Å². The van der Waals surface area contributed by atoms with E-state index < -0.39 is 9.84 Å². The smallest absolute Gasteiger partial charge is 0.226 e. The number of pyridine rings is 1. The molecule has 1 fully saturated rings. The van der Waals surface area contributed by atoms with Gasteiger partial charge in [-0.2, -0.15) is 5.10 Å². The van der Waals surface area contributed by atoms with E-state index in [9.17, 15) is 8.42 Å². The summed E-state index contributed by atoms with van der Waals surface area (Å²) in [6, 6.07) is 12.8. The molecule has 3 heterocycles. The number of H-pyrrole nitrogens is 1. The Bertz CT molecular complexity index is 1270. The van der Waals surface area contributed by atoms with Crippen LogP contribution in [-0.2, 0) is 9.84 Å². The van der Waals surface area contributed by atoms with Gasteiger partial charge in [-0.1, -0.05) is 36.4 Å². The second kappa shape index (κ2) is 6.57. The highest BCUT2D eigenvalue weighted by Gasteiger charge is 2.27. The summed E-state index contributed by atoms with van der Waals surface area (Å²) in [5, 5.41) is 12.6. The fourth-order valence-electron chi connectivity index (χ4n) is 3.78. The first-order valence-electron chi connectivity index (χ1n) is 9.17. The number of fused-ring (bicyclic) bond motifs is 2. The monoisotopic (exact) mass is 393 g/mol. The van der Waals surface area contributed by atoms with Crippen LogP contribution in [0.15, 0.2) is 64.8 Å². The Morgan fingerprint density at radius 2 is 1.71 bits per heavy atom. The molecule has 0 spiro atoms. The van der Waals surface area contributed by atoms with Crippen molar-refractivity contribution in [3.63, 3.8) is 0 Å². The number of rotatable bonds is 3. The van der Waals surface area contributed by atoms with E-state index in [4.69, 9.17) is 0 Å². The van der Waals surface area contributed by atoms with E-state index in [0.717, 1.165) is 37.3 Å². The van der Waals surface area contributed by atoms with E-state index in [0.29, 0.717) is 16.3 Å². The van der Waals surface area contributed by atoms with Gasteiger partial charge in [-0.15, -0.1) is 0 Å².